The van der Waals surface area contributed by atoms with Gasteiger partial charge >= 0.3 is 0 Å². The van der Waals surface area contributed by atoms with E-state index in [1.807, 2.05) is 6.92 Å². The van der Waals surface area contributed by atoms with Gasteiger partial charge in [0, 0.05) is 0 Å². The van der Waals surface area contributed by atoms with Crippen molar-refractivity contribution in [3.63, 3.8) is 0 Å². The predicted octanol–water partition coefficient (Wildman–Crippen LogP) is 1.20. The van der Waals surface area contributed by atoms with E-state index in [4.69, 9.17) is 0 Å². The van der Waals surface area contributed by atoms with E-state index >= 15 is 0 Å². The number of nitrogens with zero attached hydrogens (tertiary/aromatic N) is 4. The molecular weight excluding hydrogens is 208 g/mol. The van der Waals surface area contributed by atoms with Crippen LogP contribution in [0.1, 0.15) is 5.69 Å². The van der Waals surface area contributed by atoms with E-state index in [0.29, 0.717) is 0 Å². The minimum absolute atomic E-state index is 0.791. The molecule has 0 unspecified atom stereocenters. The second-order valence-electron chi connectivity index (χ2n) is 2.16. The molecule has 0 aliphatic heterocycles. The van der Waals surface area contributed by atoms with Crippen molar-refractivity contribution < 1.29 is 0 Å². The summed E-state index contributed by atoms with van der Waals surface area (Å²) in [7, 11) is 0. The Hall–Kier alpha value is -0.970. The van der Waals surface area contributed by atoms with Gasteiger partial charge in [-0.25, -0.2) is 9.50 Å². The fraction of sp³-hybridized carbons (Fsp3) is 0.167. The van der Waals surface area contributed by atoms with Crippen LogP contribution in [0.25, 0.3) is 5.65 Å². The molecule has 2 aromatic heterocycles. The van der Waals surface area contributed by atoms with E-state index in [9.17, 15) is 0 Å². The Kier molecular flexibility index (Phi) is 1.38. The van der Waals surface area contributed by atoms with Gasteiger partial charge in [0.15, 0.2) is 5.65 Å². The van der Waals surface area contributed by atoms with Gasteiger partial charge in [0.05, 0.1) is 11.9 Å². The normalized spacial score (nSPS) is 10.7. The average Bonchev–Trinajstić information content (AvgIpc) is 2.45. The second-order valence-corrected chi connectivity index (χ2v) is 2.97. The lowest BCUT2D eigenvalue weighted by atomic mass is 10.5. The number of fused-ring (bicyclic) bond motifs is 1. The van der Waals surface area contributed by atoms with Crippen molar-refractivity contribution in [2.75, 3.05) is 0 Å². The van der Waals surface area contributed by atoms with Crippen molar-refractivity contribution in [3.8, 4) is 0 Å². The van der Waals surface area contributed by atoms with Crippen LogP contribution < -0.4 is 0 Å². The van der Waals surface area contributed by atoms with E-state index in [2.05, 4.69) is 31.0 Å². The minimum atomic E-state index is 0.791. The number of aryl methyl sites for hydroxylation is 1. The van der Waals surface area contributed by atoms with Gasteiger partial charge in [0.2, 0.25) is 0 Å². The molecule has 0 radical (unpaired) electrons. The van der Waals surface area contributed by atoms with Crippen LogP contribution in [0.3, 0.4) is 0 Å². The summed E-state index contributed by atoms with van der Waals surface area (Å²) in [5.41, 5.74) is 1.67. The average molecular weight is 213 g/mol. The predicted molar refractivity (Wildman–Crippen MR) is 43.2 cm³/mol. The fourth-order valence-electron chi connectivity index (χ4n) is 0.907. The van der Waals surface area contributed by atoms with Crippen molar-refractivity contribution in [1.29, 1.82) is 0 Å². The summed E-state index contributed by atoms with van der Waals surface area (Å²) in [6.45, 7) is 1.90. The maximum absolute atomic E-state index is 4.11. The topological polar surface area (TPSA) is 43.1 Å². The van der Waals surface area contributed by atoms with E-state index in [-0.39, 0.29) is 0 Å². The van der Waals surface area contributed by atoms with Crippen LogP contribution in [0, 0.1) is 6.92 Å². The first kappa shape index (κ1) is 6.72. The molecule has 0 aromatic carbocycles. The smallest absolute Gasteiger partial charge is 0.177 e. The molecule has 11 heavy (non-hydrogen) atoms. The largest absolute Gasteiger partial charge is 0.255 e. The van der Waals surface area contributed by atoms with E-state index < -0.39 is 0 Å². The van der Waals surface area contributed by atoms with Crippen LogP contribution in [-0.2, 0) is 0 Å². The molecule has 0 atom stereocenters. The lowest BCUT2D eigenvalue weighted by molar-refractivity contribution is 0.908. The molecule has 0 saturated carbocycles. The lowest BCUT2D eigenvalue weighted by Gasteiger charge is -1.96. The first-order valence-electron chi connectivity index (χ1n) is 3.10. The summed E-state index contributed by atoms with van der Waals surface area (Å²) in [5, 5.41) is 4.00. The summed E-state index contributed by atoms with van der Waals surface area (Å²) in [5.74, 6) is 0. The van der Waals surface area contributed by atoms with Crippen molar-refractivity contribution in [3.05, 3.63) is 22.8 Å². The molecule has 0 spiro atoms. The highest BCUT2D eigenvalue weighted by molar-refractivity contribution is 9.10. The Morgan fingerprint density at radius 1 is 1.45 bits per heavy atom. The highest BCUT2D eigenvalue weighted by atomic mass is 79.9. The van der Waals surface area contributed by atoms with Crippen LogP contribution >= 0.6 is 15.9 Å². The SMILES string of the molecule is Cc1ncc(Br)n2ncnc12. The van der Waals surface area contributed by atoms with E-state index in [0.717, 1.165) is 15.9 Å². The van der Waals surface area contributed by atoms with Gasteiger partial charge in [0.1, 0.15) is 10.9 Å². The Labute approximate surface area is 71.4 Å². The number of rotatable bonds is 0. The molecule has 0 bridgehead atoms. The quantitative estimate of drug-likeness (QED) is 0.660. The summed E-state index contributed by atoms with van der Waals surface area (Å²) in [6, 6.07) is 0. The molecule has 0 N–H and O–H groups in total. The summed E-state index contributed by atoms with van der Waals surface area (Å²) in [4.78, 5) is 8.15. The number of hydrogen-bond donors (Lipinski definition) is 0. The molecule has 0 aliphatic rings. The Bertz CT molecular complexity index is 358. The molecule has 0 saturated heterocycles. The molecule has 0 fully saturated rings. The van der Waals surface area contributed by atoms with Crippen molar-refractivity contribution >= 4 is 21.6 Å². The van der Waals surface area contributed by atoms with Gasteiger partial charge in [-0.3, -0.25) is 4.98 Å². The number of aromatic nitrogens is 4. The molecule has 0 amide bonds. The van der Waals surface area contributed by atoms with Gasteiger partial charge in [-0.2, -0.15) is 5.10 Å². The number of hydrogen-bond acceptors (Lipinski definition) is 3. The molecule has 2 heterocycles. The molecule has 56 valence electrons. The highest BCUT2D eigenvalue weighted by Crippen LogP contribution is 2.10. The zero-order chi connectivity index (χ0) is 7.84. The monoisotopic (exact) mass is 212 g/mol. The standard InChI is InChI=1S/C6H5BrN4/c1-4-6-9-3-10-11(6)5(7)2-8-4/h2-3H,1H3. The number of halogens is 1. The van der Waals surface area contributed by atoms with Crippen LogP contribution in [0.5, 0.6) is 0 Å². The third-order valence-electron chi connectivity index (χ3n) is 1.44. The van der Waals surface area contributed by atoms with Crippen LogP contribution in [0.4, 0.5) is 0 Å². The Morgan fingerprint density at radius 3 is 3.00 bits per heavy atom. The van der Waals surface area contributed by atoms with Crippen LogP contribution in [0.2, 0.25) is 0 Å². The second kappa shape index (κ2) is 2.27. The van der Waals surface area contributed by atoms with Gasteiger partial charge in [-0.05, 0) is 22.9 Å². The zero-order valence-electron chi connectivity index (χ0n) is 5.82. The van der Waals surface area contributed by atoms with E-state index in [1.54, 1.807) is 10.7 Å². The van der Waals surface area contributed by atoms with Crippen molar-refractivity contribution in [1.82, 2.24) is 19.6 Å². The molecule has 5 heteroatoms. The molecule has 4 nitrogen and oxygen atoms in total. The van der Waals surface area contributed by atoms with E-state index in [1.165, 1.54) is 6.33 Å². The Morgan fingerprint density at radius 2 is 2.27 bits per heavy atom. The summed E-state index contributed by atoms with van der Waals surface area (Å²) >= 11 is 3.31. The Balaban J connectivity index is 2.96. The van der Waals surface area contributed by atoms with Gasteiger partial charge in [0.25, 0.3) is 0 Å². The molecule has 0 aliphatic carbocycles. The first-order valence-corrected chi connectivity index (χ1v) is 3.89. The third kappa shape index (κ3) is 0.920. The van der Waals surface area contributed by atoms with Crippen molar-refractivity contribution in [2.24, 2.45) is 0 Å². The zero-order valence-corrected chi connectivity index (χ0v) is 7.41. The summed E-state index contributed by atoms with van der Waals surface area (Å²) < 4.78 is 2.51. The highest BCUT2D eigenvalue weighted by Gasteiger charge is 2.02. The van der Waals surface area contributed by atoms with Gasteiger partial charge in [-0.15, -0.1) is 0 Å². The lowest BCUT2D eigenvalue weighted by Crippen LogP contribution is -1.94. The van der Waals surface area contributed by atoms with Crippen LogP contribution in [-0.4, -0.2) is 19.6 Å². The third-order valence-corrected chi connectivity index (χ3v) is 1.98. The molecular formula is C6H5BrN4. The molecule has 2 aromatic rings. The van der Waals surface area contributed by atoms with Crippen LogP contribution in [0.15, 0.2) is 17.1 Å². The van der Waals surface area contributed by atoms with Crippen molar-refractivity contribution in [2.45, 2.75) is 6.92 Å². The van der Waals surface area contributed by atoms with Gasteiger partial charge < -0.3 is 0 Å². The fourth-order valence-corrected chi connectivity index (χ4v) is 1.27. The maximum Gasteiger partial charge on any atom is 0.177 e. The first-order chi connectivity index (χ1) is 5.29. The summed E-state index contributed by atoms with van der Waals surface area (Å²) in [6.07, 6.45) is 3.21. The minimum Gasteiger partial charge on any atom is -0.255 e. The van der Waals surface area contributed by atoms with Gasteiger partial charge in [-0.1, -0.05) is 0 Å². The maximum atomic E-state index is 4.11. The molecule has 2 rings (SSSR count).